The Bertz CT molecular complexity index is 1170. The first-order chi connectivity index (χ1) is 13.1. The summed E-state index contributed by atoms with van der Waals surface area (Å²) in [7, 11) is 0. The van der Waals surface area contributed by atoms with Crippen molar-refractivity contribution in [3.05, 3.63) is 48.8 Å². The van der Waals surface area contributed by atoms with E-state index in [1.165, 1.54) is 27.8 Å². The van der Waals surface area contributed by atoms with Crippen LogP contribution in [-0.2, 0) is 6.54 Å². The number of hydrogen-bond acceptors (Lipinski definition) is 6. The molecule has 134 valence electrons. The van der Waals surface area contributed by atoms with Gasteiger partial charge < -0.3 is 10.3 Å². The molecule has 4 aromatic rings. The number of alkyl halides is 2. The molecule has 0 aromatic carbocycles. The average Bonchev–Trinajstić information content (AvgIpc) is 3.24. The van der Waals surface area contributed by atoms with Crippen molar-refractivity contribution < 1.29 is 8.78 Å². The highest BCUT2D eigenvalue weighted by Crippen LogP contribution is 2.31. The van der Waals surface area contributed by atoms with Crippen LogP contribution in [0.2, 0.25) is 0 Å². The zero-order valence-electron chi connectivity index (χ0n) is 13.8. The fraction of sp³-hybridized carbons (Fsp3) is 0.118. The first-order valence-corrected chi connectivity index (χ1v) is 7.86. The molecule has 4 heterocycles. The lowest BCUT2D eigenvalue weighted by atomic mass is 10.1. The number of hydrogen-bond donors (Lipinski definition) is 1. The third kappa shape index (κ3) is 2.95. The maximum Gasteiger partial charge on any atom is 0.256 e. The molecule has 0 aliphatic heterocycles. The quantitative estimate of drug-likeness (QED) is 0.594. The molecule has 0 unspecified atom stereocenters. The minimum absolute atomic E-state index is 0.235. The van der Waals surface area contributed by atoms with E-state index in [1.807, 2.05) is 6.07 Å². The van der Waals surface area contributed by atoms with Gasteiger partial charge in [-0.2, -0.15) is 10.4 Å². The summed E-state index contributed by atoms with van der Waals surface area (Å²) >= 11 is 0. The van der Waals surface area contributed by atoms with Crippen LogP contribution in [0.3, 0.4) is 0 Å². The van der Waals surface area contributed by atoms with E-state index in [0.29, 0.717) is 34.0 Å². The molecule has 4 rings (SSSR count). The first-order valence-electron chi connectivity index (χ1n) is 7.86. The number of aromatic nitrogens is 6. The van der Waals surface area contributed by atoms with Crippen molar-refractivity contribution in [3.8, 4) is 28.7 Å². The van der Waals surface area contributed by atoms with Gasteiger partial charge in [0.2, 0.25) is 0 Å². The molecular formula is C17H12F2N8. The predicted molar refractivity (Wildman–Crippen MR) is 92.6 cm³/mol. The maximum atomic E-state index is 13.1. The fourth-order valence-electron chi connectivity index (χ4n) is 2.81. The summed E-state index contributed by atoms with van der Waals surface area (Å²) in [6.45, 7) is -0.549. The van der Waals surface area contributed by atoms with Crippen LogP contribution in [0.25, 0.3) is 28.3 Å². The van der Waals surface area contributed by atoms with Crippen molar-refractivity contribution in [2.45, 2.75) is 13.0 Å². The minimum atomic E-state index is -2.57. The van der Waals surface area contributed by atoms with E-state index in [2.05, 4.69) is 20.1 Å². The maximum absolute atomic E-state index is 13.1. The van der Waals surface area contributed by atoms with Gasteiger partial charge >= 0.3 is 0 Å². The molecular weight excluding hydrogens is 354 g/mol. The fourth-order valence-corrected chi connectivity index (χ4v) is 2.81. The molecule has 0 saturated carbocycles. The molecule has 4 aromatic heterocycles. The van der Waals surface area contributed by atoms with Crippen molar-refractivity contribution in [2.75, 3.05) is 5.73 Å². The van der Waals surface area contributed by atoms with Crippen LogP contribution >= 0.6 is 0 Å². The Kier molecular flexibility index (Phi) is 3.97. The molecule has 0 radical (unpaired) electrons. The van der Waals surface area contributed by atoms with Crippen molar-refractivity contribution in [3.63, 3.8) is 0 Å². The van der Waals surface area contributed by atoms with Gasteiger partial charge in [0.1, 0.15) is 11.8 Å². The van der Waals surface area contributed by atoms with Crippen molar-refractivity contribution >= 4 is 11.3 Å². The number of halogens is 2. The second kappa shape index (κ2) is 6.45. The number of nitriles is 1. The number of nitrogen functional groups attached to an aromatic ring is 1. The highest BCUT2D eigenvalue weighted by atomic mass is 19.3. The Morgan fingerprint density at radius 1 is 1.19 bits per heavy atom. The number of rotatable bonds is 4. The van der Waals surface area contributed by atoms with E-state index in [0.717, 1.165) is 0 Å². The summed E-state index contributed by atoms with van der Waals surface area (Å²) in [5.74, 6) is 0. The van der Waals surface area contributed by atoms with Gasteiger partial charge in [-0.3, -0.25) is 4.98 Å². The van der Waals surface area contributed by atoms with Gasteiger partial charge in [-0.05, 0) is 18.2 Å². The van der Waals surface area contributed by atoms with E-state index < -0.39 is 13.0 Å². The van der Waals surface area contributed by atoms with Crippen LogP contribution in [0.15, 0.2) is 43.1 Å². The standard InChI is InChI=1S/C17H12F2N8/c18-14(19)8-26-9-24-16(10-3-11(21)6-22-5-10)17(26)13-1-2-15-23-7-12(4-20)27(15)25-13/h1-3,5-7,9,14H,8,21H2. The first kappa shape index (κ1) is 16.6. The molecule has 27 heavy (non-hydrogen) atoms. The molecule has 10 heteroatoms. The topological polar surface area (TPSA) is 111 Å². The van der Waals surface area contributed by atoms with Gasteiger partial charge in [0.25, 0.3) is 6.43 Å². The van der Waals surface area contributed by atoms with Crippen molar-refractivity contribution in [2.24, 2.45) is 0 Å². The second-order valence-corrected chi connectivity index (χ2v) is 5.74. The summed E-state index contributed by atoms with van der Waals surface area (Å²) in [4.78, 5) is 12.4. The van der Waals surface area contributed by atoms with Gasteiger partial charge in [0.05, 0.1) is 36.1 Å². The Morgan fingerprint density at radius 2 is 2.04 bits per heavy atom. The van der Waals surface area contributed by atoms with Crippen LogP contribution in [0.5, 0.6) is 0 Å². The zero-order chi connectivity index (χ0) is 19.0. The van der Waals surface area contributed by atoms with E-state index in [-0.39, 0.29) is 5.69 Å². The van der Waals surface area contributed by atoms with E-state index in [9.17, 15) is 14.0 Å². The molecule has 8 nitrogen and oxygen atoms in total. The van der Waals surface area contributed by atoms with Gasteiger partial charge in [-0.25, -0.2) is 23.3 Å². The Labute approximate surface area is 151 Å². The minimum Gasteiger partial charge on any atom is -0.397 e. The molecule has 0 saturated heterocycles. The van der Waals surface area contributed by atoms with Crippen LogP contribution in [0.1, 0.15) is 5.69 Å². The average molecular weight is 366 g/mol. The highest BCUT2D eigenvalue weighted by Gasteiger charge is 2.20. The number of fused-ring (bicyclic) bond motifs is 1. The van der Waals surface area contributed by atoms with Crippen LogP contribution in [-0.4, -0.2) is 35.6 Å². The highest BCUT2D eigenvalue weighted by molar-refractivity contribution is 5.78. The number of imidazole rings is 2. The summed E-state index contributed by atoms with van der Waals surface area (Å²) in [6, 6.07) is 6.95. The largest absolute Gasteiger partial charge is 0.397 e. The molecule has 0 aliphatic rings. The van der Waals surface area contributed by atoms with E-state index in [1.54, 1.807) is 24.4 Å². The van der Waals surface area contributed by atoms with Gasteiger partial charge in [-0.1, -0.05) is 0 Å². The predicted octanol–water partition coefficient (Wildman–Crippen LogP) is 2.37. The molecule has 0 spiro atoms. The third-order valence-electron chi connectivity index (χ3n) is 3.92. The monoisotopic (exact) mass is 366 g/mol. The number of pyridine rings is 1. The summed E-state index contributed by atoms with van der Waals surface area (Å²) in [5, 5.41) is 13.6. The lowest BCUT2D eigenvalue weighted by Crippen LogP contribution is -2.08. The SMILES string of the molecule is N#Cc1cnc2ccc(-c3c(-c4cncc(N)c4)ncn3CC(F)F)nn12. The summed E-state index contributed by atoms with van der Waals surface area (Å²) in [6.07, 6.45) is 3.17. The van der Waals surface area contributed by atoms with Crippen LogP contribution in [0, 0.1) is 11.3 Å². The lowest BCUT2D eigenvalue weighted by molar-refractivity contribution is 0.127. The Morgan fingerprint density at radius 3 is 2.78 bits per heavy atom. The third-order valence-corrected chi connectivity index (χ3v) is 3.92. The lowest BCUT2D eigenvalue weighted by Gasteiger charge is -2.10. The van der Waals surface area contributed by atoms with Crippen molar-refractivity contribution in [1.82, 2.24) is 29.1 Å². The van der Waals surface area contributed by atoms with Crippen molar-refractivity contribution in [1.29, 1.82) is 5.26 Å². The molecule has 0 bridgehead atoms. The number of nitrogens with zero attached hydrogens (tertiary/aromatic N) is 7. The smallest absolute Gasteiger partial charge is 0.256 e. The summed E-state index contributed by atoms with van der Waals surface area (Å²) in [5.41, 5.74) is 8.66. The summed E-state index contributed by atoms with van der Waals surface area (Å²) < 4.78 is 28.8. The normalized spacial score (nSPS) is 11.2. The van der Waals surface area contributed by atoms with Gasteiger partial charge in [0.15, 0.2) is 11.3 Å². The molecule has 0 fully saturated rings. The zero-order valence-corrected chi connectivity index (χ0v) is 13.8. The molecule has 0 aliphatic carbocycles. The van der Waals surface area contributed by atoms with E-state index in [4.69, 9.17) is 5.73 Å². The molecule has 0 atom stereocenters. The number of nitrogens with two attached hydrogens (primary N) is 1. The Hall–Kier alpha value is -3.87. The second-order valence-electron chi connectivity index (χ2n) is 5.74. The molecule has 0 amide bonds. The van der Waals surface area contributed by atoms with Crippen LogP contribution in [0.4, 0.5) is 14.5 Å². The Balaban J connectivity index is 1.95. The van der Waals surface area contributed by atoms with Crippen LogP contribution < -0.4 is 5.73 Å². The number of anilines is 1. The molecule has 2 N–H and O–H groups in total. The van der Waals surface area contributed by atoms with E-state index >= 15 is 0 Å². The van der Waals surface area contributed by atoms with Gasteiger partial charge in [-0.15, -0.1) is 0 Å². The van der Waals surface area contributed by atoms with Gasteiger partial charge in [0, 0.05) is 18.0 Å².